The van der Waals surface area contributed by atoms with Crippen molar-refractivity contribution in [1.29, 1.82) is 0 Å². The van der Waals surface area contributed by atoms with Crippen molar-refractivity contribution in [1.82, 2.24) is 5.32 Å². The fourth-order valence-corrected chi connectivity index (χ4v) is 0.960. The summed E-state index contributed by atoms with van der Waals surface area (Å²) in [6, 6.07) is -1.15. The predicted octanol–water partition coefficient (Wildman–Crippen LogP) is -0.456. The number of β-lactam (4-membered cyclic amide) rings is 1. The van der Waals surface area contributed by atoms with Gasteiger partial charge in [0.1, 0.15) is 6.04 Å². The number of nitrogens with one attached hydrogen (secondary N) is 1. The Bertz CT molecular complexity index is 219. The summed E-state index contributed by atoms with van der Waals surface area (Å²) in [6.07, 6.45) is -0.678. The molecule has 11 heavy (non-hydrogen) atoms. The molecule has 1 rings (SSSR count). The Kier molecular flexibility index (Phi) is 1.98. The summed E-state index contributed by atoms with van der Waals surface area (Å²) in [5.41, 5.74) is 8.02. The Labute approximate surface area is 62.8 Å². The van der Waals surface area contributed by atoms with Crippen molar-refractivity contribution in [3.8, 4) is 0 Å². The van der Waals surface area contributed by atoms with Crippen molar-refractivity contribution in [2.24, 2.45) is 5.11 Å². The maximum Gasteiger partial charge on any atom is 0.231 e. The first kappa shape index (κ1) is 7.84. The maximum absolute atomic E-state index is 10.6. The lowest BCUT2D eigenvalue weighted by atomic mass is 9.95. The SMILES string of the molecule is CC(O)C1NC(=O)C1N=[N+]=[N-]. The summed E-state index contributed by atoms with van der Waals surface area (Å²) in [6.45, 7) is 1.53. The molecule has 1 fully saturated rings. The quantitative estimate of drug-likeness (QED) is 0.245. The fraction of sp³-hybridized carbons (Fsp3) is 0.800. The van der Waals surface area contributed by atoms with E-state index in [4.69, 9.17) is 10.6 Å². The highest BCUT2D eigenvalue weighted by Gasteiger charge is 2.41. The molecule has 0 saturated carbocycles. The molecular formula is C5H8N4O2. The molecule has 1 saturated heterocycles. The molecule has 0 aromatic heterocycles. The Morgan fingerprint density at radius 2 is 2.55 bits per heavy atom. The summed E-state index contributed by atoms with van der Waals surface area (Å²) >= 11 is 0. The highest BCUT2D eigenvalue weighted by Crippen LogP contribution is 2.13. The zero-order chi connectivity index (χ0) is 8.43. The minimum atomic E-state index is -0.736. The van der Waals surface area contributed by atoms with Crippen LogP contribution in [0, 0.1) is 0 Å². The molecule has 0 spiro atoms. The van der Waals surface area contributed by atoms with E-state index < -0.39 is 18.2 Å². The first-order valence-electron chi connectivity index (χ1n) is 3.19. The van der Waals surface area contributed by atoms with Gasteiger partial charge in [0.15, 0.2) is 0 Å². The number of azide groups is 1. The number of amides is 1. The maximum atomic E-state index is 10.6. The third-order valence-corrected chi connectivity index (χ3v) is 1.61. The predicted molar refractivity (Wildman–Crippen MR) is 36.5 cm³/mol. The van der Waals surface area contributed by atoms with Gasteiger partial charge in [-0.15, -0.1) is 0 Å². The van der Waals surface area contributed by atoms with Crippen LogP contribution in [0.25, 0.3) is 10.4 Å². The number of aliphatic hydroxyl groups excluding tert-OH is 1. The van der Waals surface area contributed by atoms with Gasteiger partial charge in [-0.3, -0.25) is 4.79 Å². The topological polar surface area (TPSA) is 98.1 Å². The lowest BCUT2D eigenvalue weighted by molar-refractivity contribution is -0.133. The van der Waals surface area contributed by atoms with Crippen LogP contribution < -0.4 is 5.32 Å². The third-order valence-electron chi connectivity index (χ3n) is 1.61. The number of hydrogen-bond donors (Lipinski definition) is 2. The Morgan fingerprint density at radius 1 is 1.91 bits per heavy atom. The van der Waals surface area contributed by atoms with E-state index >= 15 is 0 Å². The number of carbonyl (C=O) groups excluding carboxylic acids is 1. The number of nitrogens with zero attached hydrogens (tertiary/aromatic N) is 3. The summed E-state index contributed by atoms with van der Waals surface area (Å²) in [7, 11) is 0. The molecule has 1 aliphatic rings. The van der Waals surface area contributed by atoms with Gasteiger partial charge in [0.2, 0.25) is 5.91 Å². The van der Waals surface area contributed by atoms with E-state index in [1.54, 1.807) is 0 Å². The Morgan fingerprint density at radius 3 is 2.91 bits per heavy atom. The lowest BCUT2D eigenvalue weighted by Crippen LogP contribution is -2.65. The van der Waals surface area contributed by atoms with Gasteiger partial charge in [-0.25, -0.2) is 0 Å². The number of aliphatic hydroxyl groups is 1. The summed E-state index contributed by atoms with van der Waals surface area (Å²) in [4.78, 5) is 13.1. The van der Waals surface area contributed by atoms with Crippen molar-refractivity contribution in [3.05, 3.63) is 10.4 Å². The first-order valence-corrected chi connectivity index (χ1v) is 3.19. The molecule has 60 valence electrons. The van der Waals surface area contributed by atoms with Crippen LogP contribution in [0.2, 0.25) is 0 Å². The molecule has 6 heteroatoms. The van der Waals surface area contributed by atoms with Gasteiger partial charge in [-0.05, 0) is 12.5 Å². The number of carbonyl (C=O) groups is 1. The Hall–Kier alpha value is -1.26. The van der Waals surface area contributed by atoms with Crippen molar-refractivity contribution in [2.45, 2.75) is 25.1 Å². The van der Waals surface area contributed by atoms with E-state index in [0.717, 1.165) is 0 Å². The fourth-order valence-electron chi connectivity index (χ4n) is 0.960. The monoisotopic (exact) mass is 156 g/mol. The molecule has 3 unspecified atom stereocenters. The van der Waals surface area contributed by atoms with Crippen LogP contribution in [0.3, 0.4) is 0 Å². The van der Waals surface area contributed by atoms with E-state index in [0.29, 0.717) is 0 Å². The summed E-state index contributed by atoms with van der Waals surface area (Å²) < 4.78 is 0. The highest BCUT2D eigenvalue weighted by molar-refractivity contribution is 5.89. The van der Waals surface area contributed by atoms with Crippen LogP contribution in [0.4, 0.5) is 0 Å². The Balaban J connectivity index is 2.61. The number of rotatable bonds is 2. The molecule has 0 radical (unpaired) electrons. The van der Waals surface area contributed by atoms with Gasteiger partial charge in [0.25, 0.3) is 0 Å². The molecule has 1 aliphatic heterocycles. The van der Waals surface area contributed by atoms with E-state index in [1.165, 1.54) is 6.92 Å². The normalized spacial score (nSPS) is 31.3. The lowest BCUT2D eigenvalue weighted by Gasteiger charge is -2.35. The van der Waals surface area contributed by atoms with Gasteiger partial charge in [-0.2, -0.15) is 0 Å². The van der Waals surface area contributed by atoms with E-state index in [-0.39, 0.29) is 5.91 Å². The van der Waals surface area contributed by atoms with Crippen LogP contribution in [0.5, 0.6) is 0 Å². The van der Waals surface area contributed by atoms with Crippen LogP contribution in [0.15, 0.2) is 5.11 Å². The van der Waals surface area contributed by atoms with Crippen molar-refractivity contribution in [3.63, 3.8) is 0 Å². The zero-order valence-corrected chi connectivity index (χ0v) is 5.93. The van der Waals surface area contributed by atoms with Crippen LogP contribution in [-0.4, -0.2) is 29.2 Å². The van der Waals surface area contributed by atoms with Crippen LogP contribution >= 0.6 is 0 Å². The van der Waals surface area contributed by atoms with E-state index in [9.17, 15) is 4.79 Å². The smallest absolute Gasteiger partial charge is 0.231 e. The summed E-state index contributed by atoms with van der Waals surface area (Å²) in [5.74, 6) is -0.325. The molecule has 0 aliphatic carbocycles. The minimum Gasteiger partial charge on any atom is -0.391 e. The van der Waals surface area contributed by atoms with Gasteiger partial charge >= 0.3 is 0 Å². The molecule has 0 aromatic carbocycles. The third kappa shape index (κ3) is 1.26. The molecule has 0 aromatic rings. The zero-order valence-electron chi connectivity index (χ0n) is 5.93. The largest absolute Gasteiger partial charge is 0.391 e. The second-order valence-corrected chi connectivity index (χ2v) is 2.42. The first-order chi connectivity index (χ1) is 5.16. The molecule has 6 nitrogen and oxygen atoms in total. The van der Waals surface area contributed by atoms with Gasteiger partial charge < -0.3 is 10.4 Å². The molecule has 2 N–H and O–H groups in total. The number of hydrogen-bond acceptors (Lipinski definition) is 3. The summed E-state index contributed by atoms with van der Waals surface area (Å²) in [5, 5.41) is 14.6. The van der Waals surface area contributed by atoms with Gasteiger partial charge in [0, 0.05) is 4.91 Å². The molecule has 1 heterocycles. The molecule has 0 bridgehead atoms. The van der Waals surface area contributed by atoms with E-state index in [1.807, 2.05) is 0 Å². The minimum absolute atomic E-state index is 0.325. The highest BCUT2D eigenvalue weighted by atomic mass is 16.3. The molecule has 3 atom stereocenters. The second kappa shape index (κ2) is 2.77. The van der Waals surface area contributed by atoms with E-state index in [2.05, 4.69) is 15.3 Å². The van der Waals surface area contributed by atoms with Crippen molar-refractivity contribution < 1.29 is 9.90 Å². The van der Waals surface area contributed by atoms with Gasteiger partial charge in [0.05, 0.1) is 12.1 Å². The van der Waals surface area contributed by atoms with Gasteiger partial charge in [-0.1, -0.05) is 5.11 Å². The molecule has 1 amide bonds. The standard InChI is InChI=1S/C5H8N4O2/c1-2(10)3-4(8-9-6)5(11)7-3/h2-4,10H,1H3,(H,7,11). The second-order valence-electron chi connectivity index (χ2n) is 2.42. The van der Waals surface area contributed by atoms with Crippen molar-refractivity contribution in [2.75, 3.05) is 0 Å². The van der Waals surface area contributed by atoms with Crippen LogP contribution in [0.1, 0.15) is 6.92 Å². The van der Waals surface area contributed by atoms with Crippen LogP contribution in [-0.2, 0) is 4.79 Å². The van der Waals surface area contributed by atoms with Crippen molar-refractivity contribution >= 4 is 5.91 Å². The average Bonchev–Trinajstić information content (AvgIpc) is 1.95. The molecular weight excluding hydrogens is 148 g/mol. The average molecular weight is 156 g/mol.